The lowest BCUT2D eigenvalue weighted by Gasteiger charge is -2.14. The number of benzene rings is 2. The third-order valence-corrected chi connectivity index (χ3v) is 3.08. The first-order chi connectivity index (χ1) is 10.5. The minimum atomic E-state index is -0.499. The van der Waals surface area contributed by atoms with E-state index < -0.39 is 4.92 Å². The number of carbonyl (C=O) groups is 1. The standard InChI is InChI=1S/C16H17N3O3/c1-12(10-13-6-3-2-4-7-13)17-16(20)18-14-8-5-9-15(11-14)19(21)22/h2-9,11-12H,10H2,1H3,(H2,17,18,20). The molecule has 2 rings (SSSR count). The van der Waals surface area contributed by atoms with Gasteiger partial charge < -0.3 is 10.6 Å². The maximum atomic E-state index is 11.9. The maximum Gasteiger partial charge on any atom is 0.319 e. The molecule has 2 aromatic carbocycles. The minimum Gasteiger partial charge on any atom is -0.335 e. The van der Waals surface area contributed by atoms with E-state index in [1.54, 1.807) is 6.07 Å². The van der Waals surface area contributed by atoms with E-state index in [1.165, 1.54) is 18.2 Å². The zero-order valence-corrected chi connectivity index (χ0v) is 12.2. The molecule has 1 unspecified atom stereocenters. The number of nitro groups is 1. The fourth-order valence-electron chi connectivity index (χ4n) is 2.11. The Bertz CT molecular complexity index is 659. The molecule has 6 heteroatoms. The summed E-state index contributed by atoms with van der Waals surface area (Å²) < 4.78 is 0. The second kappa shape index (κ2) is 7.21. The van der Waals surface area contributed by atoms with E-state index in [4.69, 9.17) is 0 Å². The molecule has 0 aliphatic heterocycles. The predicted molar refractivity (Wildman–Crippen MR) is 84.9 cm³/mol. The van der Waals surface area contributed by atoms with Gasteiger partial charge in [0, 0.05) is 23.9 Å². The van der Waals surface area contributed by atoms with Crippen LogP contribution >= 0.6 is 0 Å². The molecule has 2 amide bonds. The van der Waals surface area contributed by atoms with Crippen LogP contribution in [0.2, 0.25) is 0 Å². The lowest BCUT2D eigenvalue weighted by Crippen LogP contribution is -2.37. The minimum absolute atomic E-state index is 0.0545. The van der Waals surface area contributed by atoms with Gasteiger partial charge in [-0.15, -0.1) is 0 Å². The van der Waals surface area contributed by atoms with E-state index >= 15 is 0 Å². The average Bonchev–Trinajstić information content (AvgIpc) is 2.48. The van der Waals surface area contributed by atoms with Gasteiger partial charge in [0.05, 0.1) is 4.92 Å². The summed E-state index contributed by atoms with van der Waals surface area (Å²) in [6, 6.07) is 15.2. The molecule has 22 heavy (non-hydrogen) atoms. The SMILES string of the molecule is CC(Cc1ccccc1)NC(=O)Nc1cccc([N+](=O)[O-])c1. The molecule has 2 N–H and O–H groups in total. The molecule has 0 spiro atoms. The average molecular weight is 299 g/mol. The molecule has 0 saturated carbocycles. The number of urea groups is 1. The van der Waals surface area contributed by atoms with Gasteiger partial charge in [-0.3, -0.25) is 10.1 Å². The first kappa shape index (κ1) is 15.5. The van der Waals surface area contributed by atoms with Crippen molar-refractivity contribution in [3.8, 4) is 0 Å². The number of carbonyl (C=O) groups excluding carboxylic acids is 1. The lowest BCUT2D eigenvalue weighted by molar-refractivity contribution is -0.384. The molecule has 0 heterocycles. The number of nitro benzene ring substituents is 1. The van der Waals surface area contributed by atoms with Crippen molar-refractivity contribution < 1.29 is 9.72 Å². The van der Waals surface area contributed by atoms with Crippen LogP contribution in [0, 0.1) is 10.1 Å². The third-order valence-electron chi connectivity index (χ3n) is 3.08. The molecule has 114 valence electrons. The third kappa shape index (κ3) is 4.59. The summed E-state index contributed by atoms with van der Waals surface area (Å²) in [5.74, 6) is 0. The van der Waals surface area contributed by atoms with Crippen molar-refractivity contribution in [3.63, 3.8) is 0 Å². The topological polar surface area (TPSA) is 84.3 Å². The summed E-state index contributed by atoms with van der Waals surface area (Å²) in [7, 11) is 0. The van der Waals surface area contributed by atoms with E-state index in [2.05, 4.69) is 10.6 Å². The van der Waals surface area contributed by atoms with E-state index in [1.807, 2.05) is 37.3 Å². The Morgan fingerprint density at radius 2 is 1.91 bits per heavy atom. The molecule has 1 atom stereocenters. The molecule has 6 nitrogen and oxygen atoms in total. The van der Waals surface area contributed by atoms with Gasteiger partial charge in [0.25, 0.3) is 5.69 Å². The summed E-state index contributed by atoms with van der Waals surface area (Å²) in [5, 5.41) is 16.1. The maximum absolute atomic E-state index is 11.9. The fraction of sp³-hybridized carbons (Fsp3) is 0.188. The highest BCUT2D eigenvalue weighted by atomic mass is 16.6. The van der Waals surface area contributed by atoms with Crippen molar-refractivity contribution in [2.24, 2.45) is 0 Å². The molecule has 0 bridgehead atoms. The van der Waals surface area contributed by atoms with Crippen molar-refractivity contribution in [1.29, 1.82) is 0 Å². The summed E-state index contributed by atoms with van der Waals surface area (Å²) in [4.78, 5) is 22.1. The first-order valence-corrected chi connectivity index (χ1v) is 6.90. The van der Waals surface area contributed by atoms with Gasteiger partial charge >= 0.3 is 6.03 Å². The molecular formula is C16H17N3O3. The molecule has 0 fully saturated rings. The van der Waals surface area contributed by atoms with E-state index in [9.17, 15) is 14.9 Å². The zero-order valence-electron chi connectivity index (χ0n) is 12.2. The van der Waals surface area contributed by atoms with Crippen LogP contribution in [0.3, 0.4) is 0 Å². The number of rotatable bonds is 5. The van der Waals surface area contributed by atoms with Crippen molar-refractivity contribution in [2.45, 2.75) is 19.4 Å². The van der Waals surface area contributed by atoms with Gasteiger partial charge in [0.15, 0.2) is 0 Å². The Kier molecular flexibility index (Phi) is 5.08. The highest BCUT2D eigenvalue weighted by Crippen LogP contribution is 2.16. The predicted octanol–water partition coefficient (Wildman–Crippen LogP) is 3.35. The van der Waals surface area contributed by atoms with Crippen molar-refractivity contribution in [2.75, 3.05) is 5.32 Å². The molecule has 0 saturated heterocycles. The summed E-state index contributed by atoms with van der Waals surface area (Å²) in [6.07, 6.45) is 0.712. The highest BCUT2D eigenvalue weighted by molar-refractivity contribution is 5.89. The molecule has 0 aliphatic rings. The van der Waals surface area contributed by atoms with Crippen LogP contribution in [0.25, 0.3) is 0 Å². The monoisotopic (exact) mass is 299 g/mol. The quantitative estimate of drug-likeness (QED) is 0.656. The van der Waals surface area contributed by atoms with Gasteiger partial charge in [-0.1, -0.05) is 36.4 Å². The Hall–Kier alpha value is -2.89. The van der Waals surface area contributed by atoms with Crippen LogP contribution in [-0.4, -0.2) is 17.0 Å². The second-order valence-electron chi connectivity index (χ2n) is 5.00. The molecule has 0 aromatic heterocycles. The lowest BCUT2D eigenvalue weighted by atomic mass is 10.1. The first-order valence-electron chi connectivity index (χ1n) is 6.90. The number of amides is 2. The smallest absolute Gasteiger partial charge is 0.319 e. The second-order valence-corrected chi connectivity index (χ2v) is 5.00. The Labute approximate surface area is 128 Å². The number of anilines is 1. The van der Waals surface area contributed by atoms with Gasteiger partial charge in [-0.05, 0) is 25.0 Å². The number of non-ortho nitro benzene ring substituents is 1. The summed E-state index contributed by atoms with van der Waals surface area (Å²) in [5.41, 5.74) is 1.46. The van der Waals surface area contributed by atoms with Crippen LogP contribution in [0.1, 0.15) is 12.5 Å². The molecular weight excluding hydrogens is 282 g/mol. The van der Waals surface area contributed by atoms with Gasteiger partial charge in [0.2, 0.25) is 0 Å². The number of nitrogens with one attached hydrogen (secondary N) is 2. The zero-order chi connectivity index (χ0) is 15.9. The summed E-state index contributed by atoms with van der Waals surface area (Å²) in [6.45, 7) is 1.90. The van der Waals surface area contributed by atoms with E-state index in [0.29, 0.717) is 12.1 Å². The van der Waals surface area contributed by atoms with Gasteiger partial charge in [0.1, 0.15) is 0 Å². The van der Waals surface area contributed by atoms with Crippen molar-refractivity contribution >= 4 is 17.4 Å². The van der Waals surface area contributed by atoms with Crippen LogP contribution in [0.4, 0.5) is 16.2 Å². The Balaban J connectivity index is 1.90. The van der Waals surface area contributed by atoms with Crippen molar-refractivity contribution in [3.05, 3.63) is 70.3 Å². The van der Waals surface area contributed by atoms with Gasteiger partial charge in [-0.25, -0.2) is 4.79 Å². The van der Waals surface area contributed by atoms with Crippen LogP contribution in [0.15, 0.2) is 54.6 Å². The molecule has 2 aromatic rings. The Morgan fingerprint density at radius 1 is 1.18 bits per heavy atom. The van der Waals surface area contributed by atoms with Crippen LogP contribution < -0.4 is 10.6 Å². The van der Waals surface area contributed by atoms with E-state index in [0.717, 1.165) is 5.56 Å². The normalized spacial score (nSPS) is 11.5. The van der Waals surface area contributed by atoms with Crippen molar-refractivity contribution in [1.82, 2.24) is 5.32 Å². The number of nitrogens with zero attached hydrogens (tertiary/aromatic N) is 1. The largest absolute Gasteiger partial charge is 0.335 e. The summed E-state index contributed by atoms with van der Waals surface area (Å²) >= 11 is 0. The van der Waals surface area contributed by atoms with E-state index in [-0.39, 0.29) is 17.8 Å². The Morgan fingerprint density at radius 3 is 2.59 bits per heavy atom. The molecule has 0 radical (unpaired) electrons. The van der Waals surface area contributed by atoms with Gasteiger partial charge in [-0.2, -0.15) is 0 Å². The number of hydrogen-bond donors (Lipinski definition) is 2. The molecule has 0 aliphatic carbocycles. The highest BCUT2D eigenvalue weighted by Gasteiger charge is 2.10. The van der Waals surface area contributed by atoms with Crippen LogP contribution in [-0.2, 0) is 6.42 Å². The van der Waals surface area contributed by atoms with Crippen LogP contribution in [0.5, 0.6) is 0 Å². The fourth-order valence-corrected chi connectivity index (χ4v) is 2.11. The number of hydrogen-bond acceptors (Lipinski definition) is 3.